The minimum absolute atomic E-state index is 0.00220. The Morgan fingerprint density at radius 1 is 1.20 bits per heavy atom. The summed E-state index contributed by atoms with van der Waals surface area (Å²) in [6, 6.07) is 8.19. The second kappa shape index (κ2) is 5.49. The molecule has 0 amide bonds. The Labute approximate surface area is 118 Å². The maximum atomic E-state index is 12.0. The van der Waals surface area contributed by atoms with Crippen LogP contribution in [0.5, 0.6) is 0 Å². The molecule has 1 aromatic heterocycles. The van der Waals surface area contributed by atoms with Crippen LogP contribution in [0.1, 0.15) is 36.6 Å². The first kappa shape index (κ1) is 12.9. The highest BCUT2D eigenvalue weighted by molar-refractivity contribution is 5.53. The van der Waals surface area contributed by atoms with Gasteiger partial charge in [-0.1, -0.05) is 19.1 Å². The number of hydrogen-bond donors (Lipinski definition) is 2. The van der Waals surface area contributed by atoms with Gasteiger partial charge in [0.05, 0.1) is 5.69 Å². The Morgan fingerprint density at radius 3 is 2.70 bits per heavy atom. The summed E-state index contributed by atoms with van der Waals surface area (Å²) in [4.78, 5) is 19.4. The fraction of sp³-hybridized carbons (Fsp3) is 0.375. The molecule has 0 unspecified atom stereocenters. The molecule has 104 valence electrons. The van der Waals surface area contributed by atoms with Gasteiger partial charge >= 0.3 is 0 Å². The molecule has 2 N–H and O–H groups in total. The van der Waals surface area contributed by atoms with Gasteiger partial charge in [0.2, 0.25) is 5.95 Å². The molecule has 20 heavy (non-hydrogen) atoms. The average molecular weight is 269 g/mol. The van der Waals surface area contributed by atoms with Crippen LogP contribution >= 0.6 is 0 Å². The van der Waals surface area contributed by atoms with Crippen molar-refractivity contribution < 1.29 is 0 Å². The summed E-state index contributed by atoms with van der Waals surface area (Å²) < 4.78 is 0. The minimum Gasteiger partial charge on any atom is -0.326 e. The third-order valence-electron chi connectivity index (χ3n) is 3.82. The number of aromatic amines is 1. The highest BCUT2D eigenvalue weighted by atomic mass is 16.1. The lowest BCUT2D eigenvalue weighted by atomic mass is 9.97. The zero-order valence-corrected chi connectivity index (χ0v) is 11.7. The fourth-order valence-electron chi connectivity index (χ4n) is 2.62. The molecule has 0 aliphatic heterocycles. The van der Waals surface area contributed by atoms with E-state index >= 15 is 0 Å². The van der Waals surface area contributed by atoms with Gasteiger partial charge in [0.1, 0.15) is 0 Å². The second-order valence-electron chi connectivity index (χ2n) is 5.22. The lowest BCUT2D eigenvalue weighted by Gasteiger charge is -2.15. The third kappa shape index (κ3) is 2.59. The molecular weight excluding hydrogens is 250 g/mol. The summed E-state index contributed by atoms with van der Waals surface area (Å²) in [5.74, 6) is 0.542. The number of fused-ring (bicyclic) bond motifs is 1. The number of H-pyrrole nitrogens is 1. The lowest BCUT2D eigenvalue weighted by Crippen LogP contribution is -2.22. The van der Waals surface area contributed by atoms with Gasteiger partial charge in [0.15, 0.2) is 0 Å². The van der Waals surface area contributed by atoms with Crippen molar-refractivity contribution in [2.45, 2.75) is 39.0 Å². The molecule has 1 aromatic carbocycles. The molecule has 0 bridgehead atoms. The Balaban J connectivity index is 1.87. The highest BCUT2D eigenvalue weighted by Crippen LogP contribution is 2.19. The van der Waals surface area contributed by atoms with E-state index in [0.29, 0.717) is 5.95 Å². The van der Waals surface area contributed by atoms with Crippen LogP contribution in [0, 0.1) is 0 Å². The number of benzene rings is 1. The van der Waals surface area contributed by atoms with Gasteiger partial charge in [0.25, 0.3) is 5.56 Å². The summed E-state index contributed by atoms with van der Waals surface area (Å²) in [5, 5.41) is 3.18. The Kier molecular flexibility index (Phi) is 3.54. The van der Waals surface area contributed by atoms with Crippen LogP contribution in [0.4, 0.5) is 11.6 Å². The van der Waals surface area contributed by atoms with Crippen LogP contribution in [-0.4, -0.2) is 9.97 Å². The van der Waals surface area contributed by atoms with Crippen molar-refractivity contribution in [1.82, 2.24) is 9.97 Å². The summed E-state index contributed by atoms with van der Waals surface area (Å²) in [6.45, 7) is 2.13. The minimum atomic E-state index is 0.00220. The topological polar surface area (TPSA) is 57.8 Å². The molecule has 0 saturated carbocycles. The van der Waals surface area contributed by atoms with E-state index in [9.17, 15) is 4.79 Å². The smallest absolute Gasteiger partial charge is 0.255 e. The van der Waals surface area contributed by atoms with Crippen LogP contribution in [0.15, 0.2) is 29.1 Å². The number of aromatic nitrogens is 2. The molecule has 0 spiro atoms. The number of aryl methyl sites for hydroxylation is 2. The number of anilines is 2. The van der Waals surface area contributed by atoms with Gasteiger partial charge in [-0.15, -0.1) is 0 Å². The van der Waals surface area contributed by atoms with E-state index in [1.54, 1.807) is 0 Å². The summed E-state index contributed by atoms with van der Waals surface area (Å²) in [5.41, 5.74) is 4.06. The standard InChI is InChI=1S/C16H19N3O/c1-2-11-7-9-12(10-8-11)17-16-18-14-6-4-3-5-13(14)15(20)19-16/h7-10H,2-6H2,1H3,(H2,17,18,19,20). The summed E-state index contributed by atoms with van der Waals surface area (Å²) in [7, 11) is 0. The predicted octanol–water partition coefficient (Wildman–Crippen LogP) is 2.95. The maximum Gasteiger partial charge on any atom is 0.255 e. The number of nitrogens with one attached hydrogen (secondary N) is 2. The largest absolute Gasteiger partial charge is 0.326 e. The van der Waals surface area contributed by atoms with Crippen molar-refractivity contribution in [3.05, 3.63) is 51.4 Å². The molecule has 4 heteroatoms. The molecule has 3 rings (SSSR count). The van der Waals surface area contributed by atoms with Crippen molar-refractivity contribution in [3.63, 3.8) is 0 Å². The van der Waals surface area contributed by atoms with E-state index in [0.717, 1.165) is 49.0 Å². The van der Waals surface area contributed by atoms with Crippen molar-refractivity contribution in [2.75, 3.05) is 5.32 Å². The third-order valence-corrected chi connectivity index (χ3v) is 3.82. The first-order valence-electron chi connectivity index (χ1n) is 7.24. The van der Waals surface area contributed by atoms with Crippen LogP contribution in [0.2, 0.25) is 0 Å². The normalized spacial score (nSPS) is 13.8. The van der Waals surface area contributed by atoms with E-state index in [1.807, 2.05) is 12.1 Å². The number of hydrogen-bond acceptors (Lipinski definition) is 3. The van der Waals surface area contributed by atoms with Gasteiger partial charge in [-0.2, -0.15) is 0 Å². The Hall–Kier alpha value is -2.10. The van der Waals surface area contributed by atoms with E-state index in [-0.39, 0.29) is 5.56 Å². The van der Waals surface area contributed by atoms with Gasteiger partial charge in [0, 0.05) is 11.3 Å². The zero-order valence-electron chi connectivity index (χ0n) is 11.7. The Morgan fingerprint density at radius 2 is 1.95 bits per heavy atom. The molecule has 0 atom stereocenters. The first-order chi connectivity index (χ1) is 9.76. The van der Waals surface area contributed by atoms with Crippen molar-refractivity contribution in [2.24, 2.45) is 0 Å². The van der Waals surface area contributed by atoms with Gasteiger partial charge < -0.3 is 5.32 Å². The van der Waals surface area contributed by atoms with E-state index < -0.39 is 0 Å². The van der Waals surface area contributed by atoms with Gasteiger partial charge in [-0.05, 0) is 49.8 Å². The Bertz CT molecular complexity index is 658. The van der Waals surface area contributed by atoms with Crippen LogP contribution in [0.3, 0.4) is 0 Å². The SMILES string of the molecule is CCc1ccc(Nc2nc3c(c(=O)[nH]2)CCCC3)cc1. The van der Waals surface area contributed by atoms with E-state index in [4.69, 9.17) is 0 Å². The molecule has 2 aromatic rings. The average Bonchev–Trinajstić information content (AvgIpc) is 2.48. The molecule has 0 saturated heterocycles. The van der Waals surface area contributed by atoms with Crippen molar-refractivity contribution >= 4 is 11.6 Å². The molecule has 0 fully saturated rings. The molecule has 0 radical (unpaired) electrons. The predicted molar refractivity (Wildman–Crippen MR) is 80.6 cm³/mol. The first-order valence-corrected chi connectivity index (χ1v) is 7.24. The quantitative estimate of drug-likeness (QED) is 0.900. The second-order valence-corrected chi connectivity index (χ2v) is 5.22. The van der Waals surface area contributed by atoms with Crippen molar-refractivity contribution in [1.29, 1.82) is 0 Å². The molecular formula is C16H19N3O. The number of nitrogens with zero attached hydrogens (tertiary/aromatic N) is 1. The summed E-state index contributed by atoms with van der Waals surface area (Å²) >= 11 is 0. The van der Waals surface area contributed by atoms with Crippen molar-refractivity contribution in [3.8, 4) is 0 Å². The van der Waals surface area contributed by atoms with E-state index in [2.05, 4.69) is 34.3 Å². The number of rotatable bonds is 3. The van der Waals surface area contributed by atoms with Gasteiger partial charge in [-0.25, -0.2) is 4.98 Å². The van der Waals surface area contributed by atoms with Crippen LogP contribution in [0.25, 0.3) is 0 Å². The molecule has 1 heterocycles. The van der Waals surface area contributed by atoms with Gasteiger partial charge in [-0.3, -0.25) is 9.78 Å². The molecule has 1 aliphatic carbocycles. The summed E-state index contributed by atoms with van der Waals surface area (Å²) in [6.07, 6.45) is 4.98. The highest BCUT2D eigenvalue weighted by Gasteiger charge is 2.15. The van der Waals surface area contributed by atoms with Crippen LogP contribution in [-0.2, 0) is 19.3 Å². The zero-order chi connectivity index (χ0) is 13.9. The molecule has 4 nitrogen and oxygen atoms in total. The maximum absolute atomic E-state index is 12.0. The van der Waals surface area contributed by atoms with E-state index in [1.165, 1.54) is 5.56 Å². The lowest BCUT2D eigenvalue weighted by molar-refractivity contribution is 0.658. The molecule has 1 aliphatic rings. The monoisotopic (exact) mass is 269 g/mol. The van der Waals surface area contributed by atoms with Crippen LogP contribution < -0.4 is 10.9 Å². The fourth-order valence-corrected chi connectivity index (χ4v) is 2.62.